The molecule has 7 nitrogen and oxygen atoms in total. The van der Waals surface area contributed by atoms with E-state index in [-0.39, 0.29) is 11.7 Å². The molecule has 0 atom stereocenters. The van der Waals surface area contributed by atoms with Gasteiger partial charge >= 0.3 is 6.03 Å². The number of carbonyl (C=O) groups excluding carboxylic acids is 2. The number of nitrogens with two attached hydrogens (primary N) is 1. The highest BCUT2D eigenvalue weighted by molar-refractivity contribution is 7.21. The van der Waals surface area contributed by atoms with E-state index in [0.717, 1.165) is 20.8 Å². The second kappa shape index (κ2) is 7.53. The number of hydrogen-bond acceptors (Lipinski definition) is 5. The monoisotopic (exact) mass is 392 g/mol. The van der Waals surface area contributed by atoms with E-state index in [9.17, 15) is 9.59 Å². The summed E-state index contributed by atoms with van der Waals surface area (Å²) in [6.07, 6.45) is 0. The maximum atomic E-state index is 12.4. The molecule has 28 heavy (non-hydrogen) atoms. The van der Waals surface area contributed by atoms with Gasteiger partial charge in [0, 0.05) is 12.2 Å². The predicted molar refractivity (Wildman–Crippen MR) is 108 cm³/mol. The van der Waals surface area contributed by atoms with Gasteiger partial charge in [0.1, 0.15) is 0 Å². The third-order valence-electron chi connectivity index (χ3n) is 4.01. The highest BCUT2D eigenvalue weighted by Crippen LogP contribution is 2.31. The molecular weight excluding hydrogens is 376 g/mol. The van der Waals surface area contributed by atoms with Crippen molar-refractivity contribution in [3.63, 3.8) is 0 Å². The smallest absolute Gasteiger partial charge is 0.316 e. The van der Waals surface area contributed by atoms with E-state index in [1.54, 1.807) is 36.4 Å². The molecule has 0 unspecified atom stereocenters. The molecule has 2 heterocycles. The number of thiazole rings is 1. The van der Waals surface area contributed by atoms with E-state index < -0.39 is 6.03 Å². The van der Waals surface area contributed by atoms with Crippen molar-refractivity contribution in [2.24, 2.45) is 5.73 Å². The molecule has 0 bridgehead atoms. The van der Waals surface area contributed by atoms with Crippen LogP contribution in [0.1, 0.15) is 16.1 Å². The molecule has 4 rings (SSSR count). The Labute approximate surface area is 164 Å². The minimum atomic E-state index is -0.622. The number of primary amides is 1. The summed E-state index contributed by atoms with van der Waals surface area (Å²) in [5.41, 5.74) is 7.44. The Balaban J connectivity index is 1.41. The van der Waals surface area contributed by atoms with Crippen molar-refractivity contribution >= 4 is 39.2 Å². The van der Waals surface area contributed by atoms with Crippen LogP contribution in [0.4, 0.5) is 10.5 Å². The molecule has 4 aromatic rings. The van der Waals surface area contributed by atoms with Crippen LogP contribution in [0.5, 0.6) is 0 Å². The molecule has 0 radical (unpaired) electrons. The SMILES string of the molecule is NC(=O)Nc1ccc(CNC(=O)c2ccc(-c3nc4ccccc4s3)o2)cc1. The number of fused-ring (bicyclic) bond motifs is 1. The molecule has 8 heteroatoms. The topological polar surface area (TPSA) is 110 Å². The quantitative estimate of drug-likeness (QED) is 0.477. The Morgan fingerprint density at radius 2 is 1.82 bits per heavy atom. The zero-order chi connectivity index (χ0) is 19.5. The molecular formula is C20H16N4O3S. The normalized spacial score (nSPS) is 10.7. The zero-order valence-corrected chi connectivity index (χ0v) is 15.5. The first-order valence-electron chi connectivity index (χ1n) is 8.48. The van der Waals surface area contributed by atoms with Gasteiger partial charge in [-0.25, -0.2) is 9.78 Å². The van der Waals surface area contributed by atoms with Crippen LogP contribution < -0.4 is 16.4 Å². The number of carbonyl (C=O) groups is 2. The number of anilines is 1. The van der Waals surface area contributed by atoms with E-state index in [2.05, 4.69) is 15.6 Å². The largest absolute Gasteiger partial charge is 0.448 e. The van der Waals surface area contributed by atoms with Gasteiger partial charge in [-0.3, -0.25) is 4.79 Å². The number of hydrogen-bond donors (Lipinski definition) is 3. The summed E-state index contributed by atoms with van der Waals surface area (Å²) in [6, 6.07) is 17.6. The van der Waals surface area contributed by atoms with Gasteiger partial charge < -0.3 is 20.8 Å². The van der Waals surface area contributed by atoms with Crippen LogP contribution in [0.3, 0.4) is 0 Å². The maximum absolute atomic E-state index is 12.4. The summed E-state index contributed by atoms with van der Waals surface area (Å²) < 4.78 is 6.75. The number of aromatic nitrogens is 1. The Bertz CT molecular complexity index is 1110. The molecule has 0 saturated heterocycles. The van der Waals surface area contributed by atoms with Gasteiger partial charge in [-0.15, -0.1) is 11.3 Å². The average Bonchev–Trinajstić information content (AvgIpc) is 3.33. The molecule has 0 aliphatic rings. The number of urea groups is 1. The minimum Gasteiger partial charge on any atom is -0.448 e. The van der Waals surface area contributed by atoms with E-state index in [4.69, 9.17) is 10.2 Å². The Morgan fingerprint density at radius 1 is 1.04 bits per heavy atom. The van der Waals surface area contributed by atoms with Crippen molar-refractivity contribution < 1.29 is 14.0 Å². The number of rotatable bonds is 5. The third-order valence-corrected chi connectivity index (χ3v) is 5.06. The summed E-state index contributed by atoms with van der Waals surface area (Å²) >= 11 is 1.52. The first-order valence-corrected chi connectivity index (χ1v) is 9.29. The molecule has 140 valence electrons. The van der Waals surface area contributed by atoms with Crippen LogP contribution in [-0.2, 0) is 6.54 Å². The summed E-state index contributed by atoms with van der Waals surface area (Å²) in [6.45, 7) is 0.326. The van der Waals surface area contributed by atoms with Gasteiger partial charge in [0.25, 0.3) is 5.91 Å². The fourth-order valence-electron chi connectivity index (χ4n) is 2.67. The van der Waals surface area contributed by atoms with Crippen molar-refractivity contribution in [3.05, 3.63) is 72.0 Å². The van der Waals surface area contributed by atoms with Gasteiger partial charge in [-0.05, 0) is 42.0 Å². The fraction of sp³-hybridized carbons (Fsp3) is 0.0500. The van der Waals surface area contributed by atoms with Crippen molar-refractivity contribution in [2.75, 3.05) is 5.32 Å². The lowest BCUT2D eigenvalue weighted by Crippen LogP contribution is -2.22. The first kappa shape index (κ1) is 17.7. The fourth-order valence-corrected chi connectivity index (χ4v) is 3.60. The Hall–Kier alpha value is -3.65. The molecule has 0 fully saturated rings. The number of nitrogens with zero attached hydrogens (tertiary/aromatic N) is 1. The number of nitrogens with one attached hydrogen (secondary N) is 2. The van der Waals surface area contributed by atoms with Gasteiger partial charge in [0.15, 0.2) is 16.5 Å². The van der Waals surface area contributed by atoms with Crippen LogP contribution >= 0.6 is 11.3 Å². The Kier molecular flexibility index (Phi) is 4.77. The van der Waals surface area contributed by atoms with Gasteiger partial charge in [0.05, 0.1) is 10.2 Å². The van der Waals surface area contributed by atoms with Gasteiger partial charge in [-0.2, -0.15) is 0 Å². The van der Waals surface area contributed by atoms with E-state index in [1.165, 1.54) is 11.3 Å². The molecule has 0 saturated carbocycles. The van der Waals surface area contributed by atoms with Crippen LogP contribution in [-0.4, -0.2) is 16.9 Å². The van der Waals surface area contributed by atoms with Crippen molar-refractivity contribution in [1.29, 1.82) is 0 Å². The molecule has 0 aliphatic carbocycles. The molecule has 3 amide bonds. The molecule has 0 spiro atoms. The van der Waals surface area contributed by atoms with E-state index in [1.807, 2.05) is 24.3 Å². The van der Waals surface area contributed by atoms with Crippen LogP contribution in [0.25, 0.3) is 21.0 Å². The lowest BCUT2D eigenvalue weighted by Gasteiger charge is -2.05. The third kappa shape index (κ3) is 3.86. The number of para-hydroxylation sites is 1. The zero-order valence-electron chi connectivity index (χ0n) is 14.6. The van der Waals surface area contributed by atoms with Gasteiger partial charge in [-0.1, -0.05) is 24.3 Å². The van der Waals surface area contributed by atoms with Crippen LogP contribution in [0.2, 0.25) is 0 Å². The standard InChI is InChI=1S/C20H16N4O3S/c21-20(26)23-13-7-5-12(6-8-13)11-22-18(25)15-9-10-16(27-15)19-24-14-3-1-2-4-17(14)28-19/h1-10H,11H2,(H,22,25)(H3,21,23,26). The molecule has 2 aromatic carbocycles. The van der Waals surface area contributed by atoms with Gasteiger partial charge in [0.2, 0.25) is 0 Å². The van der Waals surface area contributed by atoms with Crippen LogP contribution in [0.15, 0.2) is 65.1 Å². The number of benzene rings is 2. The summed E-state index contributed by atoms with van der Waals surface area (Å²) in [7, 11) is 0. The highest BCUT2D eigenvalue weighted by atomic mass is 32.1. The molecule has 4 N–H and O–H groups in total. The first-order chi connectivity index (χ1) is 13.6. The lowest BCUT2D eigenvalue weighted by atomic mass is 10.2. The van der Waals surface area contributed by atoms with E-state index >= 15 is 0 Å². The van der Waals surface area contributed by atoms with Crippen molar-refractivity contribution in [2.45, 2.75) is 6.54 Å². The summed E-state index contributed by atoms with van der Waals surface area (Å²) in [4.78, 5) is 27.7. The highest BCUT2D eigenvalue weighted by Gasteiger charge is 2.14. The van der Waals surface area contributed by atoms with E-state index in [0.29, 0.717) is 18.0 Å². The predicted octanol–water partition coefficient (Wildman–Crippen LogP) is 3.98. The second-order valence-electron chi connectivity index (χ2n) is 6.02. The molecule has 2 aromatic heterocycles. The Morgan fingerprint density at radius 3 is 2.57 bits per heavy atom. The maximum Gasteiger partial charge on any atom is 0.316 e. The number of furan rings is 1. The number of amides is 3. The minimum absolute atomic E-state index is 0.223. The second-order valence-corrected chi connectivity index (χ2v) is 7.05. The lowest BCUT2D eigenvalue weighted by molar-refractivity contribution is 0.0924. The molecule has 0 aliphatic heterocycles. The van der Waals surface area contributed by atoms with Crippen LogP contribution in [0, 0.1) is 0 Å². The summed E-state index contributed by atoms with van der Waals surface area (Å²) in [5, 5.41) is 6.02. The summed E-state index contributed by atoms with van der Waals surface area (Å²) in [5.74, 6) is 0.473. The van der Waals surface area contributed by atoms with Crippen molar-refractivity contribution in [1.82, 2.24) is 10.3 Å². The average molecular weight is 392 g/mol. The van der Waals surface area contributed by atoms with Crippen molar-refractivity contribution in [3.8, 4) is 10.8 Å².